The summed E-state index contributed by atoms with van der Waals surface area (Å²) in [7, 11) is 1.91. The first kappa shape index (κ1) is 13.8. The van der Waals surface area contributed by atoms with Crippen LogP contribution in [-0.4, -0.2) is 28.0 Å². The molecular formula is C15H14N2O3S. The normalized spacial score (nSPS) is 11.3. The number of thiazole rings is 1. The van der Waals surface area contributed by atoms with Crippen molar-refractivity contribution in [3.05, 3.63) is 52.2 Å². The smallest absolute Gasteiger partial charge is 0.339 e. The Morgan fingerprint density at radius 1 is 1.38 bits per heavy atom. The van der Waals surface area contributed by atoms with E-state index in [2.05, 4.69) is 4.98 Å². The van der Waals surface area contributed by atoms with Crippen molar-refractivity contribution in [2.75, 3.05) is 7.05 Å². The summed E-state index contributed by atoms with van der Waals surface area (Å²) in [6, 6.07) is 7.20. The van der Waals surface area contributed by atoms with Crippen LogP contribution in [0.4, 0.5) is 0 Å². The van der Waals surface area contributed by atoms with Gasteiger partial charge in [0.1, 0.15) is 16.9 Å². The zero-order valence-electron chi connectivity index (χ0n) is 11.4. The summed E-state index contributed by atoms with van der Waals surface area (Å²) in [5, 5.41) is 12.1. The van der Waals surface area contributed by atoms with E-state index in [-0.39, 0.29) is 5.56 Å². The molecule has 0 spiro atoms. The maximum absolute atomic E-state index is 11.5. The monoisotopic (exact) mass is 302 g/mol. The average molecular weight is 302 g/mol. The zero-order chi connectivity index (χ0) is 14.8. The number of aromatic nitrogens is 1. The lowest BCUT2D eigenvalue weighted by Crippen LogP contribution is -2.18. The van der Waals surface area contributed by atoms with Gasteiger partial charge in [0.2, 0.25) is 0 Å². The molecule has 0 saturated heterocycles. The maximum Gasteiger partial charge on any atom is 0.339 e. The number of carboxylic acids is 1. The number of nitrogens with zero attached hydrogens (tertiary/aromatic N) is 2. The molecule has 1 N–H and O–H groups in total. The van der Waals surface area contributed by atoms with E-state index in [0.29, 0.717) is 29.8 Å². The minimum absolute atomic E-state index is 0.246. The van der Waals surface area contributed by atoms with Gasteiger partial charge < -0.3 is 9.52 Å². The molecule has 0 unspecified atom stereocenters. The van der Waals surface area contributed by atoms with E-state index in [1.165, 1.54) is 0 Å². The van der Waals surface area contributed by atoms with Gasteiger partial charge in [-0.15, -0.1) is 11.3 Å². The van der Waals surface area contributed by atoms with Gasteiger partial charge in [-0.2, -0.15) is 0 Å². The largest absolute Gasteiger partial charge is 0.478 e. The number of fused-ring (bicyclic) bond motifs is 1. The van der Waals surface area contributed by atoms with Gasteiger partial charge in [0.25, 0.3) is 0 Å². The van der Waals surface area contributed by atoms with Crippen LogP contribution >= 0.6 is 11.3 Å². The van der Waals surface area contributed by atoms with Gasteiger partial charge in [0.15, 0.2) is 0 Å². The summed E-state index contributed by atoms with van der Waals surface area (Å²) < 4.78 is 5.71. The van der Waals surface area contributed by atoms with Gasteiger partial charge >= 0.3 is 5.97 Å². The Kier molecular flexibility index (Phi) is 3.72. The van der Waals surface area contributed by atoms with Gasteiger partial charge in [0, 0.05) is 17.3 Å². The highest BCUT2D eigenvalue weighted by atomic mass is 32.1. The molecule has 3 aromatic rings. The Morgan fingerprint density at radius 3 is 2.90 bits per heavy atom. The van der Waals surface area contributed by atoms with Gasteiger partial charge in [-0.1, -0.05) is 18.2 Å². The quantitative estimate of drug-likeness (QED) is 0.784. The predicted octanol–water partition coefficient (Wildman–Crippen LogP) is 3.22. The zero-order valence-corrected chi connectivity index (χ0v) is 12.3. The fourth-order valence-corrected chi connectivity index (χ4v) is 2.88. The minimum Gasteiger partial charge on any atom is -0.478 e. The number of furan rings is 1. The molecule has 1 aromatic carbocycles. The second kappa shape index (κ2) is 5.67. The van der Waals surface area contributed by atoms with Crippen LogP contribution < -0.4 is 0 Å². The molecule has 6 heteroatoms. The molecule has 0 aliphatic rings. The Balaban J connectivity index is 1.89. The SMILES string of the molecule is CN(Cc1cscn1)Cc1oc2ccccc2c1C(=O)O. The molecule has 21 heavy (non-hydrogen) atoms. The molecular weight excluding hydrogens is 288 g/mol. The van der Waals surface area contributed by atoms with Crippen molar-refractivity contribution in [3.8, 4) is 0 Å². The Bertz CT molecular complexity index is 764. The number of hydrogen-bond acceptors (Lipinski definition) is 5. The highest BCUT2D eigenvalue weighted by Crippen LogP contribution is 2.27. The van der Waals surface area contributed by atoms with Crippen molar-refractivity contribution < 1.29 is 14.3 Å². The molecule has 0 radical (unpaired) electrons. The van der Waals surface area contributed by atoms with Crippen LogP contribution in [0.1, 0.15) is 21.8 Å². The molecule has 0 atom stereocenters. The molecule has 108 valence electrons. The van der Waals surface area contributed by atoms with Crippen LogP contribution in [0.25, 0.3) is 11.0 Å². The van der Waals surface area contributed by atoms with Crippen LogP contribution in [0.5, 0.6) is 0 Å². The minimum atomic E-state index is -0.961. The molecule has 0 aliphatic carbocycles. The fourth-order valence-electron chi connectivity index (χ4n) is 2.34. The lowest BCUT2D eigenvalue weighted by atomic mass is 10.1. The van der Waals surface area contributed by atoms with Crippen molar-refractivity contribution >= 4 is 28.3 Å². The lowest BCUT2D eigenvalue weighted by molar-refractivity contribution is 0.0695. The molecule has 0 aliphatic heterocycles. The van der Waals surface area contributed by atoms with Crippen LogP contribution in [0.15, 0.2) is 39.6 Å². The van der Waals surface area contributed by atoms with Crippen molar-refractivity contribution in [1.29, 1.82) is 0 Å². The summed E-state index contributed by atoms with van der Waals surface area (Å²) in [5.74, 6) is -0.488. The van der Waals surface area contributed by atoms with E-state index < -0.39 is 5.97 Å². The molecule has 0 bridgehead atoms. The Labute approximate surface area is 125 Å². The number of carboxylic acid groups (broad SMARTS) is 1. The second-order valence-corrected chi connectivity index (χ2v) is 5.57. The van der Waals surface area contributed by atoms with Gasteiger partial charge in [0.05, 0.1) is 17.7 Å². The fraction of sp³-hybridized carbons (Fsp3) is 0.200. The first-order chi connectivity index (χ1) is 10.1. The highest BCUT2D eigenvalue weighted by molar-refractivity contribution is 7.07. The molecule has 2 aromatic heterocycles. The molecule has 0 amide bonds. The number of para-hydroxylation sites is 1. The number of carbonyl (C=O) groups is 1. The van der Waals surface area contributed by atoms with Crippen molar-refractivity contribution in [2.24, 2.45) is 0 Å². The second-order valence-electron chi connectivity index (χ2n) is 4.85. The van der Waals surface area contributed by atoms with Crippen molar-refractivity contribution in [1.82, 2.24) is 9.88 Å². The highest BCUT2D eigenvalue weighted by Gasteiger charge is 2.21. The Hall–Kier alpha value is -2.18. The molecule has 0 fully saturated rings. The van der Waals surface area contributed by atoms with Crippen molar-refractivity contribution in [3.63, 3.8) is 0 Å². The van der Waals surface area contributed by atoms with Crippen LogP contribution in [0, 0.1) is 0 Å². The third-order valence-electron chi connectivity index (χ3n) is 3.21. The van der Waals surface area contributed by atoms with E-state index in [1.54, 1.807) is 29.0 Å². The first-order valence-electron chi connectivity index (χ1n) is 6.44. The maximum atomic E-state index is 11.5. The number of rotatable bonds is 5. The van der Waals surface area contributed by atoms with Crippen LogP contribution in [0.2, 0.25) is 0 Å². The third kappa shape index (κ3) is 2.81. The lowest BCUT2D eigenvalue weighted by Gasteiger charge is -2.13. The van der Waals surface area contributed by atoms with Crippen LogP contribution in [0.3, 0.4) is 0 Å². The van der Waals surface area contributed by atoms with Gasteiger partial charge in [-0.3, -0.25) is 4.90 Å². The Morgan fingerprint density at radius 2 is 2.19 bits per heavy atom. The van der Waals surface area contributed by atoms with Crippen LogP contribution in [-0.2, 0) is 13.1 Å². The predicted molar refractivity (Wildman–Crippen MR) is 80.5 cm³/mol. The summed E-state index contributed by atoms with van der Waals surface area (Å²) >= 11 is 1.54. The van der Waals surface area contributed by atoms with Gasteiger partial charge in [-0.25, -0.2) is 9.78 Å². The van der Waals surface area contributed by atoms with Crippen molar-refractivity contribution in [2.45, 2.75) is 13.1 Å². The van der Waals surface area contributed by atoms with E-state index in [1.807, 2.05) is 29.5 Å². The third-order valence-corrected chi connectivity index (χ3v) is 3.85. The first-order valence-corrected chi connectivity index (χ1v) is 7.38. The topological polar surface area (TPSA) is 66.6 Å². The molecule has 3 rings (SSSR count). The molecule has 5 nitrogen and oxygen atoms in total. The van der Waals surface area contributed by atoms with E-state index >= 15 is 0 Å². The van der Waals surface area contributed by atoms with E-state index in [9.17, 15) is 9.90 Å². The molecule has 0 saturated carbocycles. The van der Waals surface area contributed by atoms with E-state index in [4.69, 9.17) is 4.42 Å². The number of hydrogen-bond donors (Lipinski definition) is 1. The number of benzene rings is 1. The average Bonchev–Trinajstić information content (AvgIpc) is 3.04. The van der Waals surface area contributed by atoms with E-state index in [0.717, 1.165) is 5.69 Å². The summed E-state index contributed by atoms with van der Waals surface area (Å²) in [6.07, 6.45) is 0. The standard InChI is InChI=1S/C15H14N2O3S/c1-17(6-10-8-21-9-16-10)7-13-14(15(18)19)11-4-2-3-5-12(11)20-13/h2-5,8-9H,6-7H2,1H3,(H,18,19). The molecule has 2 heterocycles. The summed E-state index contributed by atoms with van der Waals surface area (Å²) in [5.41, 5.74) is 3.60. The van der Waals surface area contributed by atoms with Gasteiger partial charge in [-0.05, 0) is 13.1 Å². The summed E-state index contributed by atoms with van der Waals surface area (Å²) in [4.78, 5) is 17.7. The number of aromatic carboxylic acids is 1. The summed E-state index contributed by atoms with van der Waals surface area (Å²) in [6.45, 7) is 1.08.